The first kappa shape index (κ1) is 9.18. The standard InChI is InChI=1S/C7H9NO3S/c8-6(1-9)4-2-12-3-5(4)7(10)11/h2-3,6,9H,1,8H2,(H,10,11)/t6-/m0/s1. The van der Waals surface area contributed by atoms with E-state index in [1.54, 1.807) is 5.38 Å². The molecule has 0 amide bonds. The number of aliphatic hydroxyl groups excluding tert-OH is 1. The summed E-state index contributed by atoms with van der Waals surface area (Å²) in [6.45, 7) is -0.239. The predicted molar refractivity (Wildman–Crippen MR) is 45.3 cm³/mol. The van der Waals surface area contributed by atoms with Gasteiger partial charge in [0.2, 0.25) is 0 Å². The second-order valence-corrected chi connectivity index (χ2v) is 3.08. The molecule has 0 saturated carbocycles. The molecule has 0 unspecified atom stereocenters. The highest BCUT2D eigenvalue weighted by atomic mass is 32.1. The molecule has 1 atom stereocenters. The van der Waals surface area contributed by atoms with Crippen molar-refractivity contribution in [3.05, 3.63) is 21.9 Å². The normalized spacial score (nSPS) is 12.8. The van der Waals surface area contributed by atoms with E-state index in [4.69, 9.17) is 15.9 Å². The van der Waals surface area contributed by atoms with Crippen molar-refractivity contribution in [1.29, 1.82) is 0 Å². The molecule has 0 aliphatic heterocycles. The predicted octanol–water partition coefficient (Wildman–Crippen LogP) is 0.438. The third kappa shape index (κ3) is 1.63. The SMILES string of the molecule is N[C@@H](CO)c1cscc1C(=O)O. The van der Waals surface area contributed by atoms with Gasteiger partial charge in [-0.1, -0.05) is 0 Å². The molecule has 1 rings (SSSR count). The van der Waals surface area contributed by atoms with Gasteiger partial charge in [-0.3, -0.25) is 0 Å². The van der Waals surface area contributed by atoms with Crippen LogP contribution in [0.5, 0.6) is 0 Å². The Labute approximate surface area is 73.3 Å². The molecule has 0 fully saturated rings. The van der Waals surface area contributed by atoms with Crippen LogP contribution in [0.2, 0.25) is 0 Å². The molecule has 0 aromatic carbocycles. The topological polar surface area (TPSA) is 83.5 Å². The van der Waals surface area contributed by atoms with Gasteiger partial charge in [-0.25, -0.2) is 4.79 Å². The minimum absolute atomic E-state index is 0.182. The van der Waals surface area contributed by atoms with Crippen LogP contribution in [0.25, 0.3) is 0 Å². The van der Waals surface area contributed by atoms with Gasteiger partial charge in [-0.05, 0) is 10.9 Å². The first-order valence-electron chi connectivity index (χ1n) is 3.32. The third-order valence-electron chi connectivity index (χ3n) is 1.52. The van der Waals surface area contributed by atoms with E-state index in [2.05, 4.69) is 0 Å². The first-order chi connectivity index (χ1) is 5.66. The fourth-order valence-corrected chi connectivity index (χ4v) is 1.76. The van der Waals surface area contributed by atoms with E-state index in [1.807, 2.05) is 0 Å². The Balaban J connectivity index is 2.98. The van der Waals surface area contributed by atoms with Gasteiger partial charge in [0.25, 0.3) is 0 Å². The summed E-state index contributed by atoms with van der Waals surface area (Å²) in [5.41, 5.74) is 6.15. The maximum absolute atomic E-state index is 10.6. The van der Waals surface area contributed by atoms with Crippen molar-refractivity contribution < 1.29 is 15.0 Å². The Bertz CT molecular complexity index is 284. The summed E-state index contributed by atoms with van der Waals surface area (Å²) >= 11 is 1.27. The summed E-state index contributed by atoms with van der Waals surface area (Å²) < 4.78 is 0. The van der Waals surface area contributed by atoms with Gasteiger partial charge in [-0.15, -0.1) is 0 Å². The van der Waals surface area contributed by atoms with Crippen molar-refractivity contribution in [2.24, 2.45) is 5.73 Å². The zero-order chi connectivity index (χ0) is 9.14. The summed E-state index contributed by atoms with van der Waals surface area (Å²) in [6, 6.07) is -0.595. The first-order valence-corrected chi connectivity index (χ1v) is 4.27. The molecule has 1 aromatic heterocycles. The van der Waals surface area contributed by atoms with E-state index < -0.39 is 12.0 Å². The number of carboxylic acid groups (broad SMARTS) is 1. The van der Waals surface area contributed by atoms with Gasteiger partial charge >= 0.3 is 5.97 Å². The summed E-state index contributed by atoms with van der Waals surface area (Å²) in [4.78, 5) is 10.6. The largest absolute Gasteiger partial charge is 0.478 e. The average molecular weight is 187 g/mol. The monoisotopic (exact) mass is 187 g/mol. The van der Waals surface area contributed by atoms with Crippen LogP contribution in [-0.2, 0) is 0 Å². The van der Waals surface area contributed by atoms with E-state index in [-0.39, 0.29) is 12.2 Å². The van der Waals surface area contributed by atoms with Gasteiger partial charge in [-0.2, -0.15) is 11.3 Å². The molecule has 0 bridgehead atoms. The highest BCUT2D eigenvalue weighted by Gasteiger charge is 2.15. The Hall–Kier alpha value is -0.910. The lowest BCUT2D eigenvalue weighted by atomic mass is 10.1. The van der Waals surface area contributed by atoms with Crippen LogP contribution in [0.15, 0.2) is 10.8 Å². The van der Waals surface area contributed by atoms with Crippen LogP contribution in [0, 0.1) is 0 Å². The fourth-order valence-electron chi connectivity index (χ4n) is 0.866. The number of carboxylic acids is 1. The zero-order valence-electron chi connectivity index (χ0n) is 6.23. The number of rotatable bonds is 3. The number of aliphatic hydroxyl groups is 1. The number of nitrogens with two attached hydrogens (primary N) is 1. The van der Waals surface area contributed by atoms with Crippen LogP contribution in [0.3, 0.4) is 0 Å². The van der Waals surface area contributed by atoms with E-state index in [0.717, 1.165) is 0 Å². The lowest BCUT2D eigenvalue weighted by molar-refractivity contribution is 0.0695. The Morgan fingerprint density at radius 2 is 2.33 bits per heavy atom. The zero-order valence-corrected chi connectivity index (χ0v) is 7.04. The molecule has 1 heterocycles. The maximum atomic E-state index is 10.6. The number of thiophene rings is 1. The summed E-state index contributed by atoms with van der Waals surface area (Å²) in [5.74, 6) is -1.00. The lowest BCUT2D eigenvalue weighted by Crippen LogP contribution is -2.16. The Morgan fingerprint density at radius 1 is 1.67 bits per heavy atom. The molecule has 0 aliphatic carbocycles. The maximum Gasteiger partial charge on any atom is 0.336 e. The van der Waals surface area contributed by atoms with E-state index >= 15 is 0 Å². The third-order valence-corrected chi connectivity index (χ3v) is 2.28. The smallest absolute Gasteiger partial charge is 0.336 e. The van der Waals surface area contributed by atoms with E-state index in [0.29, 0.717) is 5.56 Å². The van der Waals surface area contributed by atoms with Crippen LogP contribution < -0.4 is 5.73 Å². The molecule has 0 aliphatic rings. The lowest BCUT2D eigenvalue weighted by Gasteiger charge is -2.06. The minimum Gasteiger partial charge on any atom is -0.478 e. The van der Waals surface area contributed by atoms with Crippen molar-refractivity contribution in [3.8, 4) is 0 Å². The highest BCUT2D eigenvalue weighted by molar-refractivity contribution is 7.08. The number of carbonyl (C=O) groups is 1. The van der Waals surface area contributed by atoms with Gasteiger partial charge in [0.1, 0.15) is 0 Å². The second kappa shape index (κ2) is 3.66. The Kier molecular flexibility index (Phi) is 2.80. The van der Waals surface area contributed by atoms with E-state index in [1.165, 1.54) is 16.7 Å². The molecule has 66 valence electrons. The van der Waals surface area contributed by atoms with Crippen molar-refractivity contribution in [2.45, 2.75) is 6.04 Å². The average Bonchev–Trinajstić information content (AvgIpc) is 2.50. The van der Waals surface area contributed by atoms with Crippen LogP contribution in [0.1, 0.15) is 22.0 Å². The van der Waals surface area contributed by atoms with Crippen molar-refractivity contribution in [3.63, 3.8) is 0 Å². The van der Waals surface area contributed by atoms with Crippen molar-refractivity contribution >= 4 is 17.3 Å². The molecule has 0 saturated heterocycles. The quantitative estimate of drug-likeness (QED) is 0.641. The molecule has 5 heteroatoms. The molecule has 4 nitrogen and oxygen atoms in total. The van der Waals surface area contributed by atoms with Gasteiger partial charge in [0, 0.05) is 5.38 Å². The molecule has 4 N–H and O–H groups in total. The summed E-state index contributed by atoms with van der Waals surface area (Å²) in [7, 11) is 0. The minimum atomic E-state index is -1.00. The molecular weight excluding hydrogens is 178 g/mol. The van der Waals surface area contributed by atoms with Gasteiger partial charge in [0.05, 0.1) is 18.2 Å². The molecular formula is C7H9NO3S. The van der Waals surface area contributed by atoms with Crippen LogP contribution in [0.4, 0.5) is 0 Å². The molecule has 12 heavy (non-hydrogen) atoms. The molecule has 1 aromatic rings. The second-order valence-electron chi connectivity index (χ2n) is 2.34. The fraction of sp³-hybridized carbons (Fsp3) is 0.286. The highest BCUT2D eigenvalue weighted by Crippen LogP contribution is 2.20. The van der Waals surface area contributed by atoms with Crippen molar-refractivity contribution in [2.75, 3.05) is 6.61 Å². The van der Waals surface area contributed by atoms with Crippen molar-refractivity contribution in [1.82, 2.24) is 0 Å². The number of hydrogen-bond donors (Lipinski definition) is 3. The van der Waals surface area contributed by atoms with Crippen LogP contribution in [-0.4, -0.2) is 22.8 Å². The molecule has 0 radical (unpaired) electrons. The summed E-state index contributed by atoms with van der Waals surface area (Å²) in [6.07, 6.45) is 0. The number of aromatic carboxylic acids is 1. The number of hydrogen-bond acceptors (Lipinski definition) is 4. The van der Waals surface area contributed by atoms with Gasteiger partial charge < -0.3 is 15.9 Å². The van der Waals surface area contributed by atoms with E-state index in [9.17, 15) is 4.79 Å². The Morgan fingerprint density at radius 3 is 2.83 bits per heavy atom. The van der Waals surface area contributed by atoms with Gasteiger partial charge in [0.15, 0.2) is 0 Å². The van der Waals surface area contributed by atoms with Crippen LogP contribution >= 0.6 is 11.3 Å². The molecule has 0 spiro atoms. The summed E-state index contributed by atoms with van der Waals surface area (Å²) in [5, 5.41) is 20.5.